The first-order valence-corrected chi connectivity index (χ1v) is 8.22. The first kappa shape index (κ1) is 17.1. The highest BCUT2D eigenvalue weighted by Gasteiger charge is 2.26. The van der Waals surface area contributed by atoms with Crippen molar-refractivity contribution in [1.29, 1.82) is 0 Å². The minimum atomic E-state index is -0.543. The van der Waals surface area contributed by atoms with E-state index in [1.807, 2.05) is 0 Å². The summed E-state index contributed by atoms with van der Waals surface area (Å²) in [6.45, 7) is 0.0884. The lowest BCUT2D eigenvalue weighted by Crippen LogP contribution is -2.32. The molecule has 2 aromatic rings. The fourth-order valence-corrected chi connectivity index (χ4v) is 2.74. The summed E-state index contributed by atoms with van der Waals surface area (Å²) in [5.74, 6) is -0.628. The van der Waals surface area contributed by atoms with E-state index in [1.165, 1.54) is 36.0 Å². The van der Waals surface area contributed by atoms with Crippen LogP contribution in [0.5, 0.6) is 0 Å². The van der Waals surface area contributed by atoms with Crippen LogP contribution < -0.4 is 10.9 Å². The van der Waals surface area contributed by atoms with Crippen LogP contribution in [0.3, 0.4) is 0 Å². The molecule has 0 spiro atoms. The van der Waals surface area contributed by atoms with Gasteiger partial charge in [0.15, 0.2) is 5.78 Å². The van der Waals surface area contributed by atoms with E-state index in [2.05, 4.69) is 5.32 Å². The number of nitrogens with zero attached hydrogens (tertiary/aromatic N) is 1. The quantitative estimate of drug-likeness (QED) is 0.820. The number of hydrogen-bond donors (Lipinski definition) is 1. The van der Waals surface area contributed by atoms with Crippen molar-refractivity contribution < 1.29 is 14.0 Å². The number of carbonyl (C=O) groups excluding carboxylic acids is 2. The van der Waals surface area contributed by atoms with Gasteiger partial charge in [-0.25, -0.2) is 4.39 Å². The van der Waals surface area contributed by atoms with Gasteiger partial charge in [0.1, 0.15) is 11.4 Å². The lowest BCUT2D eigenvalue weighted by atomic mass is 10.0. The molecule has 130 valence electrons. The Morgan fingerprint density at radius 2 is 2.04 bits per heavy atom. The molecule has 1 N–H and O–H groups in total. The molecule has 1 aromatic carbocycles. The van der Waals surface area contributed by atoms with Crippen molar-refractivity contribution in [2.45, 2.75) is 25.8 Å². The zero-order chi connectivity index (χ0) is 18.0. The highest BCUT2D eigenvalue weighted by atomic mass is 19.1. The molecule has 1 amide bonds. The Kier molecular flexibility index (Phi) is 4.79. The maximum atomic E-state index is 13.4. The molecule has 1 heterocycles. The highest BCUT2D eigenvalue weighted by molar-refractivity contribution is 6.00. The maximum Gasteiger partial charge on any atom is 0.263 e. The van der Waals surface area contributed by atoms with Gasteiger partial charge < -0.3 is 9.88 Å². The Balaban J connectivity index is 2.00. The number of Topliss-reactive ketones (excluding diaryl/α,β-unsaturated/α-hetero) is 1. The van der Waals surface area contributed by atoms with E-state index in [1.54, 1.807) is 12.1 Å². The summed E-state index contributed by atoms with van der Waals surface area (Å²) in [7, 11) is 1.43. The van der Waals surface area contributed by atoms with Crippen LogP contribution in [0.1, 0.15) is 45.5 Å². The summed E-state index contributed by atoms with van der Waals surface area (Å²) < 4.78 is 14.7. The molecule has 6 heteroatoms. The van der Waals surface area contributed by atoms with Crippen molar-refractivity contribution >= 4 is 11.7 Å². The van der Waals surface area contributed by atoms with E-state index < -0.39 is 17.3 Å². The molecule has 3 rings (SSSR count). The number of aromatic nitrogens is 1. The molecule has 25 heavy (non-hydrogen) atoms. The summed E-state index contributed by atoms with van der Waals surface area (Å²) in [5, 5.41) is 2.42. The lowest BCUT2D eigenvalue weighted by Gasteiger charge is -2.11. The van der Waals surface area contributed by atoms with Crippen LogP contribution in [-0.4, -0.2) is 23.3 Å². The topological polar surface area (TPSA) is 68.2 Å². The molecular formula is C19H19FN2O3. The number of pyridine rings is 1. The molecular weight excluding hydrogens is 323 g/mol. The summed E-state index contributed by atoms with van der Waals surface area (Å²) in [5.41, 5.74) is 0.324. The predicted molar refractivity (Wildman–Crippen MR) is 91.3 cm³/mol. The number of ketones is 1. The SMILES string of the molecule is CNC(=O)c1cc(C(=O)CC2CC2)cn(Cc2cccc(F)c2)c1=O. The summed E-state index contributed by atoms with van der Waals surface area (Å²) in [4.78, 5) is 37.0. The monoisotopic (exact) mass is 342 g/mol. The standard InChI is InChI=1S/C19H19FN2O3/c1-21-18(24)16-9-14(17(23)8-12-5-6-12)11-22(19(16)25)10-13-3-2-4-15(20)7-13/h2-4,7,9,11-12H,5-6,8,10H2,1H3,(H,21,24). The van der Waals surface area contributed by atoms with E-state index in [-0.39, 0.29) is 17.9 Å². The second-order valence-electron chi connectivity index (χ2n) is 6.36. The Bertz CT molecular complexity index is 884. The van der Waals surface area contributed by atoms with Gasteiger partial charge in [-0.2, -0.15) is 0 Å². The van der Waals surface area contributed by atoms with Crippen LogP contribution >= 0.6 is 0 Å². The average molecular weight is 342 g/mol. The van der Waals surface area contributed by atoms with E-state index in [0.717, 1.165) is 12.8 Å². The second kappa shape index (κ2) is 7.01. The van der Waals surface area contributed by atoms with Crippen LogP contribution in [0.2, 0.25) is 0 Å². The normalized spacial score (nSPS) is 13.5. The molecule has 0 radical (unpaired) electrons. The van der Waals surface area contributed by atoms with E-state index in [0.29, 0.717) is 23.5 Å². The van der Waals surface area contributed by atoms with Gasteiger partial charge in [-0.05, 0) is 42.5 Å². The molecule has 0 aliphatic heterocycles. The molecule has 0 atom stereocenters. The molecule has 1 fully saturated rings. The number of halogens is 1. The van der Waals surface area contributed by atoms with Crippen LogP contribution in [0.15, 0.2) is 41.3 Å². The summed E-state index contributed by atoms with van der Waals surface area (Å²) in [6.07, 6.45) is 3.96. The van der Waals surface area contributed by atoms with Crippen LogP contribution in [0.25, 0.3) is 0 Å². The largest absolute Gasteiger partial charge is 0.355 e. The number of rotatable bonds is 6. The third-order valence-electron chi connectivity index (χ3n) is 4.29. The fourth-order valence-electron chi connectivity index (χ4n) is 2.74. The van der Waals surface area contributed by atoms with Crippen molar-refractivity contribution in [3.05, 3.63) is 69.4 Å². The van der Waals surface area contributed by atoms with Gasteiger partial charge in [-0.3, -0.25) is 14.4 Å². The van der Waals surface area contributed by atoms with Gasteiger partial charge in [-0.1, -0.05) is 12.1 Å². The predicted octanol–water partition coefficient (Wildman–Crippen LogP) is 2.38. The zero-order valence-electron chi connectivity index (χ0n) is 13.9. The first-order chi connectivity index (χ1) is 12.0. The summed E-state index contributed by atoms with van der Waals surface area (Å²) >= 11 is 0. The van der Waals surface area contributed by atoms with Crippen molar-refractivity contribution in [3.63, 3.8) is 0 Å². The van der Waals surface area contributed by atoms with E-state index >= 15 is 0 Å². The molecule has 5 nitrogen and oxygen atoms in total. The van der Waals surface area contributed by atoms with Crippen LogP contribution in [0.4, 0.5) is 4.39 Å². The zero-order valence-corrected chi connectivity index (χ0v) is 13.9. The fraction of sp³-hybridized carbons (Fsp3) is 0.316. The second-order valence-corrected chi connectivity index (χ2v) is 6.36. The molecule has 0 unspecified atom stereocenters. The minimum absolute atomic E-state index is 0.0827. The van der Waals surface area contributed by atoms with Gasteiger partial charge >= 0.3 is 0 Å². The van der Waals surface area contributed by atoms with Crippen molar-refractivity contribution in [3.8, 4) is 0 Å². The Morgan fingerprint density at radius 1 is 1.28 bits per heavy atom. The third kappa shape index (κ3) is 4.02. The van der Waals surface area contributed by atoms with Crippen LogP contribution in [0, 0.1) is 11.7 Å². The van der Waals surface area contributed by atoms with Gasteiger partial charge in [-0.15, -0.1) is 0 Å². The molecule has 1 aliphatic rings. The number of benzene rings is 1. The van der Waals surface area contributed by atoms with E-state index in [4.69, 9.17) is 0 Å². The van der Waals surface area contributed by atoms with Crippen molar-refractivity contribution in [2.24, 2.45) is 5.92 Å². The molecule has 0 saturated heterocycles. The third-order valence-corrected chi connectivity index (χ3v) is 4.29. The minimum Gasteiger partial charge on any atom is -0.355 e. The smallest absolute Gasteiger partial charge is 0.263 e. The van der Waals surface area contributed by atoms with Crippen molar-refractivity contribution in [1.82, 2.24) is 9.88 Å². The number of carbonyl (C=O) groups is 2. The number of nitrogens with one attached hydrogen (secondary N) is 1. The molecule has 0 bridgehead atoms. The first-order valence-electron chi connectivity index (χ1n) is 8.22. The van der Waals surface area contributed by atoms with Gasteiger partial charge in [0.2, 0.25) is 0 Å². The Morgan fingerprint density at radius 3 is 2.68 bits per heavy atom. The maximum absolute atomic E-state index is 13.4. The van der Waals surface area contributed by atoms with Gasteiger partial charge in [0.05, 0.1) is 6.54 Å². The van der Waals surface area contributed by atoms with Crippen molar-refractivity contribution in [2.75, 3.05) is 7.05 Å². The average Bonchev–Trinajstić information content (AvgIpc) is 3.40. The molecule has 1 aromatic heterocycles. The number of hydrogen-bond acceptors (Lipinski definition) is 3. The van der Waals surface area contributed by atoms with Gasteiger partial charge in [0, 0.05) is 25.2 Å². The molecule has 1 saturated carbocycles. The van der Waals surface area contributed by atoms with E-state index in [9.17, 15) is 18.8 Å². The number of amides is 1. The van der Waals surface area contributed by atoms with Gasteiger partial charge in [0.25, 0.3) is 11.5 Å². The highest BCUT2D eigenvalue weighted by Crippen LogP contribution is 2.33. The Hall–Kier alpha value is -2.76. The Labute approximate surface area is 144 Å². The molecule has 1 aliphatic carbocycles. The summed E-state index contributed by atoms with van der Waals surface area (Å²) in [6, 6.07) is 7.24. The van der Waals surface area contributed by atoms with Crippen LogP contribution in [-0.2, 0) is 6.54 Å². The lowest BCUT2D eigenvalue weighted by molar-refractivity contribution is 0.0961.